The van der Waals surface area contributed by atoms with Crippen molar-refractivity contribution in [1.29, 1.82) is 0 Å². The Bertz CT molecular complexity index is 320. The summed E-state index contributed by atoms with van der Waals surface area (Å²) in [7, 11) is -0.519. The zero-order valence-corrected chi connectivity index (χ0v) is 13.7. The third-order valence-electron chi connectivity index (χ3n) is 2.86. The zero-order chi connectivity index (χ0) is 13.7. The molecule has 0 saturated carbocycles. The van der Waals surface area contributed by atoms with Gasteiger partial charge >= 0.3 is 0 Å². The summed E-state index contributed by atoms with van der Waals surface area (Å²) in [6, 6.07) is 1.31. The molecule has 0 heterocycles. The highest BCUT2D eigenvalue weighted by molar-refractivity contribution is 7.85. The van der Waals surface area contributed by atoms with Gasteiger partial charge in [-0.05, 0) is 6.42 Å². The van der Waals surface area contributed by atoms with Crippen molar-refractivity contribution in [2.24, 2.45) is 0 Å². The fraction of sp³-hybridized carbons (Fsp3) is 1.00. The minimum Gasteiger partial charge on any atom is -0.328 e. The van der Waals surface area contributed by atoms with Crippen LogP contribution in [0.4, 0.5) is 0 Å². The summed E-state index contributed by atoms with van der Waals surface area (Å²) in [5.74, 6) is -0.122. The summed E-state index contributed by atoms with van der Waals surface area (Å²) in [5, 5.41) is 0. The van der Waals surface area contributed by atoms with E-state index in [1.54, 1.807) is 0 Å². The molecule has 0 aliphatic heterocycles. The van der Waals surface area contributed by atoms with Crippen LogP contribution in [0, 0.1) is 0 Å². The van der Waals surface area contributed by atoms with E-state index < -0.39 is 18.2 Å². The molecular formula is C11H28NO3SSi+. The second-order valence-corrected chi connectivity index (χ2v) is 13.9. The van der Waals surface area contributed by atoms with E-state index in [1.165, 1.54) is 12.5 Å². The first-order valence-corrected chi connectivity index (χ1v) is 11.5. The first-order chi connectivity index (χ1) is 7.41. The van der Waals surface area contributed by atoms with Crippen molar-refractivity contribution in [2.75, 3.05) is 32.9 Å². The lowest BCUT2D eigenvalue weighted by molar-refractivity contribution is -0.890. The van der Waals surface area contributed by atoms with Crippen LogP contribution in [-0.2, 0) is 10.1 Å². The summed E-state index contributed by atoms with van der Waals surface area (Å²) in [4.78, 5) is 0. The monoisotopic (exact) mass is 282 g/mol. The smallest absolute Gasteiger partial charge is 0.265 e. The first kappa shape index (κ1) is 17.1. The van der Waals surface area contributed by atoms with Crippen LogP contribution < -0.4 is 0 Å². The highest BCUT2D eigenvalue weighted by Crippen LogP contribution is 2.13. The van der Waals surface area contributed by atoms with Crippen molar-refractivity contribution in [3.8, 4) is 0 Å². The van der Waals surface area contributed by atoms with Gasteiger partial charge in [0.1, 0.15) is 0 Å². The second-order valence-electron chi connectivity index (χ2n) is 6.69. The number of nitrogens with zero attached hydrogens (tertiary/aromatic N) is 1. The minimum atomic E-state index is -3.79. The third kappa shape index (κ3) is 12.3. The van der Waals surface area contributed by atoms with Gasteiger partial charge in [0.15, 0.2) is 0 Å². The van der Waals surface area contributed by atoms with E-state index in [4.69, 9.17) is 4.55 Å². The molecule has 0 atom stereocenters. The predicted octanol–water partition coefficient (Wildman–Crippen LogP) is 2.07. The molecule has 0 aliphatic carbocycles. The fourth-order valence-electron chi connectivity index (χ4n) is 1.82. The van der Waals surface area contributed by atoms with Crippen LogP contribution in [0.1, 0.15) is 12.8 Å². The maximum atomic E-state index is 10.6. The molecule has 104 valence electrons. The predicted molar refractivity (Wildman–Crippen MR) is 75.6 cm³/mol. The Labute approximate surface area is 107 Å². The van der Waals surface area contributed by atoms with Gasteiger partial charge < -0.3 is 4.48 Å². The van der Waals surface area contributed by atoms with Gasteiger partial charge in [-0.2, -0.15) is 8.42 Å². The Hall–Kier alpha value is 0.0869. The lowest BCUT2D eigenvalue weighted by atomic mass is 10.3. The Morgan fingerprint density at radius 1 is 1.06 bits per heavy atom. The Morgan fingerprint density at radius 3 is 1.94 bits per heavy atom. The lowest BCUT2D eigenvalue weighted by Gasteiger charge is -2.30. The standard InChI is InChI=1S/C11H27NO3SSi/c1-12(2,8-6-10-16(13,14)15)9-7-11-17(3,4)5/h6-11H2,1-5H3/p+1. The topological polar surface area (TPSA) is 54.4 Å². The van der Waals surface area contributed by atoms with Gasteiger partial charge in [0, 0.05) is 14.5 Å². The van der Waals surface area contributed by atoms with Crippen LogP contribution in [0.5, 0.6) is 0 Å². The van der Waals surface area contributed by atoms with E-state index in [-0.39, 0.29) is 5.75 Å². The molecule has 0 fully saturated rings. The third-order valence-corrected chi connectivity index (χ3v) is 5.51. The SMILES string of the molecule is C[N+](C)(CCC[Si](C)(C)C)CCCS(=O)(=O)O. The van der Waals surface area contributed by atoms with Crippen molar-refractivity contribution in [1.82, 2.24) is 0 Å². The van der Waals surface area contributed by atoms with E-state index >= 15 is 0 Å². The van der Waals surface area contributed by atoms with E-state index in [9.17, 15) is 8.42 Å². The Balaban J connectivity index is 3.88. The van der Waals surface area contributed by atoms with Gasteiger partial charge in [-0.1, -0.05) is 25.7 Å². The maximum Gasteiger partial charge on any atom is 0.265 e. The highest BCUT2D eigenvalue weighted by Gasteiger charge is 2.19. The van der Waals surface area contributed by atoms with Gasteiger partial charge in [0.05, 0.1) is 32.9 Å². The molecule has 17 heavy (non-hydrogen) atoms. The molecule has 6 heteroatoms. The van der Waals surface area contributed by atoms with Crippen LogP contribution in [-0.4, -0.2) is 58.5 Å². The van der Waals surface area contributed by atoms with Crippen LogP contribution in [0.25, 0.3) is 0 Å². The summed E-state index contributed by atoms with van der Waals surface area (Å²) in [5.41, 5.74) is 0. The van der Waals surface area contributed by atoms with Gasteiger partial charge in [-0.3, -0.25) is 4.55 Å². The van der Waals surface area contributed by atoms with Crippen LogP contribution in [0.15, 0.2) is 0 Å². The number of hydrogen-bond acceptors (Lipinski definition) is 2. The summed E-state index contributed by atoms with van der Waals surface area (Å²) in [6.45, 7) is 8.98. The molecule has 0 amide bonds. The zero-order valence-electron chi connectivity index (χ0n) is 11.9. The average Bonchev–Trinajstić information content (AvgIpc) is 1.96. The molecule has 0 saturated heterocycles. The van der Waals surface area contributed by atoms with Gasteiger partial charge in [0.25, 0.3) is 10.1 Å². The summed E-state index contributed by atoms with van der Waals surface area (Å²) < 4.78 is 30.7. The second kappa shape index (κ2) is 6.31. The van der Waals surface area contributed by atoms with Crippen molar-refractivity contribution in [3.63, 3.8) is 0 Å². The molecular weight excluding hydrogens is 254 g/mol. The van der Waals surface area contributed by atoms with Gasteiger partial charge in [0.2, 0.25) is 0 Å². The van der Waals surface area contributed by atoms with E-state index in [0.29, 0.717) is 6.42 Å². The van der Waals surface area contributed by atoms with Crippen molar-refractivity contribution >= 4 is 18.2 Å². The van der Waals surface area contributed by atoms with Gasteiger partial charge in [-0.15, -0.1) is 0 Å². The van der Waals surface area contributed by atoms with E-state index in [2.05, 4.69) is 33.7 Å². The number of hydrogen-bond donors (Lipinski definition) is 1. The van der Waals surface area contributed by atoms with Crippen LogP contribution in [0.2, 0.25) is 25.7 Å². The molecule has 0 aromatic heterocycles. The van der Waals surface area contributed by atoms with Crippen molar-refractivity contribution < 1.29 is 17.5 Å². The summed E-state index contributed by atoms with van der Waals surface area (Å²) >= 11 is 0. The molecule has 0 rings (SSSR count). The molecule has 1 N–H and O–H groups in total. The molecule has 0 aromatic carbocycles. The highest BCUT2D eigenvalue weighted by atomic mass is 32.2. The van der Waals surface area contributed by atoms with Crippen LogP contribution >= 0.6 is 0 Å². The average molecular weight is 283 g/mol. The normalized spacial score (nSPS) is 14.0. The molecule has 0 unspecified atom stereocenters. The lowest BCUT2D eigenvalue weighted by Crippen LogP contribution is -2.42. The molecule has 4 nitrogen and oxygen atoms in total. The molecule has 0 aliphatic rings. The number of quaternary nitrogens is 1. The molecule has 0 radical (unpaired) electrons. The first-order valence-electron chi connectivity index (χ1n) is 6.19. The quantitative estimate of drug-likeness (QED) is 0.421. The Morgan fingerprint density at radius 2 is 1.53 bits per heavy atom. The fourth-order valence-corrected chi connectivity index (χ4v) is 3.54. The van der Waals surface area contributed by atoms with E-state index in [1.807, 2.05) is 0 Å². The van der Waals surface area contributed by atoms with Crippen molar-refractivity contribution in [3.05, 3.63) is 0 Å². The van der Waals surface area contributed by atoms with Gasteiger partial charge in [-0.25, -0.2) is 0 Å². The molecule has 0 bridgehead atoms. The number of rotatable bonds is 8. The Kier molecular flexibility index (Phi) is 6.34. The molecule has 0 spiro atoms. The maximum absolute atomic E-state index is 10.6. The van der Waals surface area contributed by atoms with Crippen LogP contribution in [0.3, 0.4) is 0 Å². The van der Waals surface area contributed by atoms with E-state index in [0.717, 1.165) is 17.6 Å². The summed E-state index contributed by atoms with van der Waals surface area (Å²) in [6.07, 6.45) is 1.73. The van der Waals surface area contributed by atoms with Crippen molar-refractivity contribution in [2.45, 2.75) is 38.5 Å². The minimum absolute atomic E-state index is 0.122. The largest absolute Gasteiger partial charge is 0.328 e. The molecule has 0 aromatic rings.